The van der Waals surface area contributed by atoms with Crippen molar-refractivity contribution in [2.24, 2.45) is 0 Å². The Hall–Kier alpha value is -1.86. The van der Waals surface area contributed by atoms with Crippen molar-refractivity contribution in [1.82, 2.24) is 10.2 Å². The number of sulfonamides is 1. The van der Waals surface area contributed by atoms with Gasteiger partial charge in [0, 0.05) is 11.9 Å². The zero-order chi connectivity index (χ0) is 13.2. The number of nitrogens with two attached hydrogens (primary N) is 1. The maximum Gasteiger partial charge on any atom is 0.264 e. The van der Waals surface area contributed by atoms with Crippen LogP contribution in [0.5, 0.6) is 0 Å². The van der Waals surface area contributed by atoms with Crippen molar-refractivity contribution >= 4 is 33.1 Å². The van der Waals surface area contributed by atoms with Gasteiger partial charge in [-0.05, 0) is 30.3 Å². The summed E-state index contributed by atoms with van der Waals surface area (Å²) in [6.45, 7) is 0. The number of benzene rings is 1. The van der Waals surface area contributed by atoms with Crippen LogP contribution in [0.2, 0.25) is 5.02 Å². The molecule has 0 aliphatic carbocycles. The second-order valence-corrected chi connectivity index (χ2v) is 5.46. The van der Waals surface area contributed by atoms with Gasteiger partial charge in [0.2, 0.25) is 0 Å². The largest absolute Gasteiger partial charge is 0.399 e. The van der Waals surface area contributed by atoms with Crippen molar-refractivity contribution in [2.75, 3.05) is 10.5 Å². The average Bonchev–Trinajstić information content (AvgIpc) is 2.33. The first kappa shape index (κ1) is 12.6. The van der Waals surface area contributed by atoms with Gasteiger partial charge in [-0.2, -0.15) is 5.10 Å². The fourth-order valence-electron chi connectivity index (χ4n) is 1.27. The van der Waals surface area contributed by atoms with Gasteiger partial charge in [-0.3, -0.25) is 4.72 Å². The summed E-state index contributed by atoms with van der Waals surface area (Å²) in [5, 5.41) is 7.28. The summed E-state index contributed by atoms with van der Waals surface area (Å²) in [6.07, 6.45) is 1.44. The molecule has 0 aliphatic heterocycles. The smallest absolute Gasteiger partial charge is 0.264 e. The Morgan fingerprint density at radius 3 is 2.72 bits per heavy atom. The normalized spacial score (nSPS) is 11.2. The molecular formula is C10H9ClN4O2S. The molecule has 0 amide bonds. The number of halogens is 1. The zero-order valence-corrected chi connectivity index (χ0v) is 10.6. The predicted octanol–water partition coefficient (Wildman–Crippen LogP) is 1.51. The van der Waals surface area contributed by atoms with E-state index in [1.54, 1.807) is 6.07 Å². The van der Waals surface area contributed by atoms with E-state index < -0.39 is 10.0 Å². The molecule has 1 aromatic heterocycles. The molecule has 2 aromatic rings. The molecule has 18 heavy (non-hydrogen) atoms. The van der Waals surface area contributed by atoms with Crippen LogP contribution in [0.1, 0.15) is 0 Å². The molecular weight excluding hydrogens is 276 g/mol. The molecule has 0 saturated carbocycles. The van der Waals surface area contributed by atoms with Crippen LogP contribution in [-0.2, 0) is 10.0 Å². The van der Waals surface area contributed by atoms with Crippen LogP contribution in [0.25, 0.3) is 0 Å². The van der Waals surface area contributed by atoms with Crippen LogP contribution < -0.4 is 10.5 Å². The molecule has 0 radical (unpaired) electrons. The van der Waals surface area contributed by atoms with Gasteiger partial charge in [0.25, 0.3) is 10.0 Å². The van der Waals surface area contributed by atoms with Crippen molar-refractivity contribution in [1.29, 1.82) is 0 Å². The molecule has 8 heteroatoms. The van der Waals surface area contributed by atoms with Gasteiger partial charge in [-0.25, -0.2) is 8.42 Å². The molecule has 1 aromatic carbocycles. The highest BCUT2D eigenvalue weighted by Crippen LogP contribution is 2.25. The van der Waals surface area contributed by atoms with E-state index in [0.29, 0.717) is 5.69 Å². The number of nitrogen functional groups attached to an aromatic ring is 1. The van der Waals surface area contributed by atoms with Crippen molar-refractivity contribution in [3.8, 4) is 0 Å². The third-order valence-electron chi connectivity index (χ3n) is 2.06. The fourth-order valence-corrected chi connectivity index (χ4v) is 2.81. The number of rotatable bonds is 3. The number of hydrogen-bond acceptors (Lipinski definition) is 5. The van der Waals surface area contributed by atoms with E-state index in [1.807, 2.05) is 0 Å². The van der Waals surface area contributed by atoms with Crippen LogP contribution in [0.3, 0.4) is 0 Å². The van der Waals surface area contributed by atoms with Gasteiger partial charge < -0.3 is 5.73 Å². The van der Waals surface area contributed by atoms with Crippen molar-refractivity contribution in [3.05, 3.63) is 41.6 Å². The second kappa shape index (κ2) is 4.79. The molecule has 0 unspecified atom stereocenters. The van der Waals surface area contributed by atoms with Crippen molar-refractivity contribution in [3.63, 3.8) is 0 Å². The molecule has 1 heterocycles. The summed E-state index contributed by atoms with van der Waals surface area (Å²) in [6, 6.07) is 7.25. The summed E-state index contributed by atoms with van der Waals surface area (Å²) in [4.78, 5) is -0.102. The monoisotopic (exact) mass is 284 g/mol. The lowest BCUT2D eigenvalue weighted by atomic mass is 10.3. The van der Waals surface area contributed by atoms with Crippen LogP contribution in [0.15, 0.2) is 41.4 Å². The van der Waals surface area contributed by atoms with E-state index in [4.69, 9.17) is 17.3 Å². The van der Waals surface area contributed by atoms with E-state index in [0.717, 1.165) is 0 Å². The molecule has 0 atom stereocenters. The number of nitrogens with zero attached hydrogens (tertiary/aromatic N) is 2. The van der Waals surface area contributed by atoms with Gasteiger partial charge in [-0.1, -0.05) is 11.6 Å². The average molecular weight is 285 g/mol. The van der Waals surface area contributed by atoms with Gasteiger partial charge >= 0.3 is 0 Å². The Morgan fingerprint density at radius 1 is 1.28 bits per heavy atom. The van der Waals surface area contributed by atoms with E-state index in [1.165, 1.54) is 30.5 Å². The first-order valence-electron chi connectivity index (χ1n) is 4.84. The van der Waals surface area contributed by atoms with Crippen LogP contribution >= 0.6 is 11.6 Å². The minimum Gasteiger partial charge on any atom is -0.399 e. The van der Waals surface area contributed by atoms with E-state index in [2.05, 4.69) is 14.9 Å². The highest BCUT2D eigenvalue weighted by atomic mass is 35.5. The summed E-state index contributed by atoms with van der Waals surface area (Å²) >= 11 is 5.84. The third-order valence-corrected chi connectivity index (χ3v) is 3.89. The summed E-state index contributed by atoms with van der Waals surface area (Å²) < 4.78 is 26.4. The first-order chi connectivity index (χ1) is 8.49. The number of aromatic nitrogens is 2. The molecule has 6 nitrogen and oxygen atoms in total. The van der Waals surface area contributed by atoms with Crippen LogP contribution in [0, 0.1) is 0 Å². The Labute approximate surface area is 109 Å². The van der Waals surface area contributed by atoms with E-state index in [-0.39, 0.29) is 15.7 Å². The Morgan fingerprint density at radius 2 is 2.06 bits per heavy atom. The third kappa shape index (κ3) is 2.69. The highest BCUT2D eigenvalue weighted by Gasteiger charge is 2.18. The Kier molecular flexibility index (Phi) is 3.35. The zero-order valence-electron chi connectivity index (χ0n) is 9.04. The number of anilines is 2. The highest BCUT2D eigenvalue weighted by molar-refractivity contribution is 7.92. The molecule has 0 bridgehead atoms. The molecule has 0 aliphatic rings. The molecule has 0 spiro atoms. The quantitative estimate of drug-likeness (QED) is 0.833. The lowest BCUT2D eigenvalue weighted by molar-refractivity contribution is 0.601. The van der Waals surface area contributed by atoms with Gasteiger partial charge in [0.15, 0.2) is 5.82 Å². The van der Waals surface area contributed by atoms with Gasteiger partial charge in [-0.15, -0.1) is 5.10 Å². The minimum absolute atomic E-state index is 0.0839. The van der Waals surface area contributed by atoms with Crippen LogP contribution in [-0.4, -0.2) is 18.6 Å². The standard InChI is InChI=1S/C10H9ClN4O2S/c11-8-4-3-7(12)6-9(8)18(16,17)15-10-2-1-5-13-14-10/h1-6H,12H2,(H,14,15). The summed E-state index contributed by atoms with van der Waals surface area (Å²) in [5.74, 6) is 0.107. The van der Waals surface area contributed by atoms with Gasteiger partial charge in [0.1, 0.15) is 4.90 Å². The van der Waals surface area contributed by atoms with Crippen molar-refractivity contribution in [2.45, 2.75) is 4.90 Å². The fraction of sp³-hybridized carbons (Fsp3) is 0. The molecule has 3 N–H and O–H groups in total. The molecule has 94 valence electrons. The molecule has 2 rings (SSSR count). The van der Waals surface area contributed by atoms with Gasteiger partial charge in [0.05, 0.1) is 5.02 Å². The van der Waals surface area contributed by atoms with E-state index >= 15 is 0 Å². The van der Waals surface area contributed by atoms with E-state index in [9.17, 15) is 8.42 Å². The number of nitrogens with one attached hydrogen (secondary N) is 1. The SMILES string of the molecule is Nc1ccc(Cl)c(S(=O)(=O)Nc2cccnn2)c1. The van der Waals surface area contributed by atoms with Crippen LogP contribution in [0.4, 0.5) is 11.5 Å². The predicted molar refractivity (Wildman–Crippen MR) is 68.7 cm³/mol. The number of hydrogen-bond donors (Lipinski definition) is 2. The molecule has 0 saturated heterocycles. The maximum absolute atomic E-state index is 12.1. The first-order valence-corrected chi connectivity index (χ1v) is 6.71. The minimum atomic E-state index is -3.83. The molecule has 0 fully saturated rings. The summed E-state index contributed by atoms with van der Waals surface area (Å²) in [7, 11) is -3.83. The van der Waals surface area contributed by atoms with Crippen molar-refractivity contribution < 1.29 is 8.42 Å². The lowest BCUT2D eigenvalue weighted by Crippen LogP contribution is -2.15. The second-order valence-electron chi connectivity index (χ2n) is 3.40. The lowest BCUT2D eigenvalue weighted by Gasteiger charge is -2.08. The topological polar surface area (TPSA) is 98.0 Å². The maximum atomic E-state index is 12.1. The Bertz CT molecular complexity index is 661. The Balaban J connectivity index is 2.40. The summed E-state index contributed by atoms with van der Waals surface area (Å²) in [5.41, 5.74) is 5.84.